The van der Waals surface area contributed by atoms with Gasteiger partial charge in [0.2, 0.25) is 5.95 Å². The summed E-state index contributed by atoms with van der Waals surface area (Å²) in [5.41, 5.74) is 4.21. The SMILES string of the molecule is O=C(NCc1ccccc1)Nc1nccc(-c2ccc3noc(-c4cccc(Br)c4)c3c2)n1. The molecule has 8 heteroatoms. The number of halogens is 1. The van der Waals surface area contributed by atoms with Crippen LogP contribution in [0, 0.1) is 0 Å². The molecule has 33 heavy (non-hydrogen) atoms. The number of carbonyl (C=O) groups excluding carboxylic acids is 1. The van der Waals surface area contributed by atoms with Crippen LogP contribution < -0.4 is 10.6 Å². The molecule has 0 unspecified atom stereocenters. The van der Waals surface area contributed by atoms with Crippen molar-refractivity contribution in [3.8, 4) is 22.6 Å². The van der Waals surface area contributed by atoms with Crippen LogP contribution in [0.3, 0.4) is 0 Å². The second kappa shape index (κ2) is 9.22. The van der Waals surface area contributed by atoms with Crippen molar-refractivity contribution in [2.24, 2.45) is 0 Å². The highest BCUT2D eigenvalue weighted by Crippen LogP contribution is 2.32. The van der Waals surface area contributed by atoms with Crippen LogP contribution in [0.15, 0.2) is 94.1 Å². The number of hydrogen-bond donors (Lipinski definition) is 2. The van der Waals surface area contributed by atoms with Gasteiger partial charge in [-0.15, -0.1) is 0 Å². The summed E-state index contributed by atoms with van der Waals surface area (Å²) in [5, 5.41) is 10.5. The quantitative estimate of drug-likeness (QED) is 0.307. The predicted octanol–water partition coefficient (Wildman–Crippen LogP) is 6.04. The van der Waals surface area contributed by atoms with Crippen molar-refractivity contribution in [3.05, 3.63) is 95.1 Å². The molecule has 0 bridgehead atoms. The van der Waals surface area contributed by atoms with Crippen molar-refractivity contribution in [3.63, 3.8) is 0 Å². The Kier molecular flexibility index (Phi) is 5.82. The summed E-state index contributed by atoms with van der Waals surface area (Å²) in [6.45, 7) is 0.412. The highest BCUT2D eigenvalue weighted by Gasteiger charge is 2.13. The lowest BCUT2D eigenvalue weighted by Crippen LogP contribution is -2.29. The maximum atomic E-state index is 12.3. The zero-order valence-corrected chi connectivity index (χ0v) is 18.9. The van der Waals surface area contributed by atoms with Gasteiger partial charge in [-0.05, 0) is 35.9 Å². The molecule has 0 aliphatic rings. The summed E-state index contributed by atoms with van der Waals surface area (Å²) >= 11 is 3.50. The lowest BCUT2D eigenvalue weighted by Gasteiger charge is -2.08. The summed E-state index contributed by atoms with van der Waals surface area (Å²) in [7, 11) is 0. The van der Waals surface area contributed by atoms with E-state index in [2.05, 4.69) is 41.7 Å². The predicted molar refractivity (Wildman–Crippen MR) is 130 cm³/mol. The first-order valence-electron chi connectivity index (χ1n) is 10.2. The standard InChI is InChI=1S/C25H18BrN5O2/c26-19-8-4-7-18(13-19)23-20-14-17(9-10-22(20)31-33-23)21-11-12-27-24(29-21)30-25(32)28-15-16-5-2-1-3-6-16/h1-14H,15H2,(H2,27,28,29,30,32). The molecule has 0 aliphatic heterocycles. The molecule has 0 spiro atoms. The van der Waals surface area contributed by atoms with Gasteiger partial charge in [-0.25, -0.2) is 14.8 Å². The Hall–Kier alpha value is -4.04. The number of amides is 2. The molecule has 0 saturated heterocycles. The van der Waals surface area contributed by atoms with Gasteiger partial charge in [0, 0.05) is 28.3 Å². The summed E-state index contributed by atoms with van der Waals surface area (Å²) in [6.07, 6.45) is 1.61. The van der Waals surface area contributed by atoms with Crippen LogP contribution in [0.25, 0.3) is 33.5 Å². The molecular formula is C25H18BrN5O2. The smallest absolute Gasteiger partial charge is 0.321 e. The first-order chi connectivity index (χ1) is 16.2. The lowest BCUT2D eigenvalue weighted by molar-refractivity contribution is 0.251. The van der Waals surface area contributed by atoms with Gasteiger partial charge in [0.1, 0.15) is 5.52 Å². The van der Waals surface area contributed by atoms with Gasteiger partial charge in [-0.3, -0.25) is 5.32 Å². The van der Waals surface area contributed by atoms with Crippen LogP contribution >= 0.6 is 15.9 Å². The van der Waals surface area contributed by atoms with Crippen molar-refractivity contribution in [2.75, 3.05) is 5.32 Å². The zero-order chi connectivity index (χ0) is 22.6. The van der Waals surface area contributed by atoms with Gasteiger partial charge >= 0.3 is 6.03 Å². The number of urea groups is 1. The normalized spacial score (nSPS) is 10.8. The Morgan fingerprint density at radius 1 is 0.939 bits per heavy atom. The number of carbonyl (C=O) groups is 1. The Bertz CT molecular complexity index is 1440. The van der Waals surface area contributed by atoms with Crippen molar-refractivity contribution < 1.29 is 9.32 Å². The van der Waals surface area contributed by atoms with E-state index in [4.69, 9.17) is 4.52 Å². The van der Waals surface area contributed by atoms with Gasteiger partial charge in [0.05, 0.1) is 11.1 Å². The molecular weight excluding hydrogens is 482 g/mol. The Morgan fingerprint density at radius 2 is 1.82 bits per heavy atom. The molecule has 0 radical (unpaired) electrons. The van der Waals surface area contributed by atoms with E-state index in [-0.39, 0.29) is 12.0 Å². The molecule has 7 nitrogen and oxygen atoms in total. The van der Waals surface area contributed by atoms with E-state index in [1.165, 1.54) is 0 Å². The number of nitrogens with zero attached hydrogens (tertiary/aromatic N) is 3. The van der Waals surface area contributed by atoms with Crippen molar-refractivity contribution in [1.82, 2.24) is 20.4 Å². The molecule has 5 rings (SSSR count). The zero-order valence-electron chi connectivity index (χ0n) is 17.3. The minimum absolute atomic E-state index is 0.218. The van der Waals surface area contributed by atoms with E-state index >= 15 is 0 Å². The van der Waals surface area contributed by atoms with Gasteiger partial charge < -0.3 is 9.84 Å². The molecule has 0 fully saturated rings. The van der Waals surface area contributed by atoms with E-state index in [1.54, 1.807) is 12.3 Å². The molecule has 0 aliphatic carbocycles. The fraction of sp³-hybridized carbons (Fsp3) is 0.0400. The minimum Gasteiger partial charge on any atom is -0.355 e. The molecule has 2 heterocycles. The van der Waals surface area contributed by atoms with Crippen molar-refractivity contribution in [1.29, 1.82) is 0 Å². The van der Waals surface area contributed by atoms with Crippen LogP contribution in [0.5, 0.6) is 0 Å². The minimum atomic E-state index is -0.373. The van der Waals surface area contributed by atoms with Crippen LogP contribution in [-0.4, -0.2) is 21.2 Å². The number of aromatic nitrogens is 3. The molecule has 2 N–H and O–H groups in total. The monoisotopic (exact) mass is 499 g/mol. The Morgan fingerprint density at radius 3 is 2.67 bits per heavy atom. The maximum absolute atomic E-state index is 12.3. The maximum Gasteiger partial charge on any atom is 0.321 e. The molecule has 5 aromatic rings. The molecule has 2 amide bonds. The van der Waals surface area contributed by atoms with E-state index < -0.39 is 0 Å². The van der Waals surface area contributed by atoms with Crippen LogP contribution in [0.4, 0.5) is 10.7 Å². The third-order valence-corrected chi connectivity index (χ3v) is 5.53. The highest BCUT2D eigenvalue weighted by molar-refractivity contribution is 9.10. The topological polar surface area (TPSA) is 92.9 Å². The van der Waals surface area contributed by atoms with Gasteiger partial charge in [0.25, 0.3) is 0 Å². The summed E-state index contributed by atoms with van der Waals surface area (Å²) in [4.78, 5) is 20.9. The average Bonchev–Trinajstić information content (AvgIpc) is 3.27. The molecule has 162 valence electrons. The third-order valence-electron chi connectivity index (χ3n) is 5.04. The number of rotatable bonds is 5. The summed E-state index contributed by atoms with van der Waals surface area (Å²) < 4.78 is 6.57. The number of anilines is 1. The Labute approximate surface area is 198 Å². The van der Waals surface area contributed by atoms with Gasteiger partial charge in [0.15, 0.2) is 5.76 Å². The molecule has 2 aromatic heterocycles. The lowest BCUT2D eigenvalue weighted by atomic mass is 10.0. The first-order valence-corrected chi connectivity index (χ1v) is 11.0. The highest BCUT2D eigenvalue weighted by atomic mass is 79.9. The number of nitrogens with one attached hydrogen (secondary N) is 2. The average molecular weight is 500 g/mol. The molecule has 0 atom stereocenters. The summed E-state index contributed by atoms with van der Waals surface area (Å²) in [6, 6.07) is 24.7. The van der Waals surface area contributed by atoms with E-state index in [0.29, 0.717) is 18.0 Å². The number of hydrogen-bond acceptors (Lipinski definition) is 5. The summed E-state index contributed by atoms with van der Waals surface area (Å²) in [5.74, 6) is 0.900. The number of benzene rings is 3. The van der Waals surface area contributed by atoms with E-state index in [9.17, 15) is 4.79 Å². The van der Waals surface area contributed by atoms with Crippen LogP contribution in [-0.2, 0) is 6.54 Å². The van der Waals surface area contributed by atoms with Crippen LogP contribution in [0.2, 0.25) is 0 Å². The largest absolute Gasteiger partial charge is 0.355 e. The molecule has 3 aromatic carbocycles. The number of fused-ring (bicyclic) bond motifs is 1. The van der Waals surface area contributed by atoms with Crippen molar-refractivity contribution >= 4 is 38.8 Å². The Balaban J connectivity index is 1.37. The second-order valence-corrected chi connectivity index (χ2v) is 8.23. The fourth-order valence-corrected chi connectivity index (χ4v) is 3.84. The van der Waals surface area contributed by atoms with Crippen LogP contribution in [0.1, 0.15) is 5.56 Å². The van der Waals surface area contributed by atoms with Gasteiger partial charge in [-0.2, -0.15) is 0 Å². The van der Waals surface area contributed by atoms with Gasteiger partial charge in [-0.1, -0.05) is 69.6 Å². The third kappa shape index (κ3) is 4.75. The van der Waals surface area contributed by atoms with Crippen molar-refractivity contribution in [2.45, 2.75) is 6.54 Å². The first kappa shape index (κ1) is 20.8. The van der Waals surface area contributed by atoms with E-state index in [0.717, 1.165) is 32.1 Å². The molecule has 0 saturated carbocycles. The van der Waals surface area contributed by atoms with E-state index in [1.807, 2.05) is 72.8 Å². The fourth-order valence-electron chi connectivity index (χ4n) is 3.44. The second-order valence-electron chi connectivity index (χ2n) is 7.31.